The van der Waals surface area contributed by atoms with Crippen molar-refractivity contribution in [3.8, 4) is 0 Å². The molecule has 0 aliphatic rings. The molecule has 0 aliphatic heterocycles. The molecule has 0 unspecified atom stereocenters. The number of carbonyl (C=O) groups is 2. The molecule has 0 radical (unpaired) electrons. The van der Waals surface area contributed by atoms with Crippen LogP contribution in [0.1, 0.15) is 31.4 Å². The van der Waals surface area contributed by atoms with Gasteiger partial charge in [0.2, 0.25) is 11.8 Å². The summed E-state index contributed by atoms with van der Waals surface area (Å²) < 4.78 is 57.3. The molecule has 44 heavy (non-hydrogen) atoms. The Bertz CT molecular complexity index is 1650. The van der Waals surface area contributed by atoms with Gasteiger partial charge in [0, 0.05) is 24.6 Å². The zero-order valence-corrected chi connectivity index (χ0v) is 25.4. The monoisotopic (exact) mass is 619 g/mol. The molecule has 0 aliphatic carbocycles. The third-order valence-electron chi connectivity index (χ3n) is 7.30. The summed E-state index contributed by atoms with van der Waals surface area (Å²) in [6.07, 6.45) is 0.752. The van der Waals surface area contributed by atoms with Crippen LogP contribution in [0, 0.1) is 11.6 Å². The second-order valence-corrected chi connectivity index (χ2v) is 12.3. The molecular weight excluding hydrogens is 584 g/mol. The fourth-order valence-electron chi connectivity index (χ4n) is 4.66. The number of para-hydroxylation sites is 1. The van der Waals surface area contributed by atoms with Crippen molar-refractivity contribution in [1.29, 1.82) is 0 Å². The van der Waals surface area contributed by atoms with E-state index in [-0.39, 0.29) is 35.2 Å². The Morgan fingerprint density at radius 3 is 2.02 bits per heavy atom. The van der Waals surface area contributed by atoms with Gasteiger partial charge in [-0.1, -0.05) is 73.7 Å². The van der Waals surface area contributed by atoms with Gasteiger partial charge >= 0.3 is 0 Å². The summed E-state index contributed by atoms with van der Waals surface area (Å²) in [6.45, 7) is 2.78. The quantitative estimate of drug-likeness (QED) is 0.208. The molecule has 4 rings (SSSR count). The van der Waals surface area contributed by atoms with Gasteiger partial charge in [-0.05, 0) is 61.4 Å². The highest BCUT2D eigenvalue weighted by Crippen LogP contribution is 2.25. The van der Waals surface area contributed by atoms with Crippen molar-refractivity contribution in [3.63, 3.8) is 0 Å². The van der Waals surface area contributed by atoms with E-state index in [1.54, 1.807) is 24.3 Å². The standard InChI is InChI=1S/C34H35F2N3O4S/c1-3-25(2)37-34(41)32(22-26-12-6-4-7-13-26)38(23-27-14-10-11-17-31(27)36)33(40)24-39(29-15-8-5-9-16-29)44(42,43)30-20-18-28(35)19-21-30/h4-21,25,32H,3,22-24H2,1-2H3,(H,37,41)/t25-,32+/m1/s1. The molecule has 0 spiro atoms. The van der Waals surface area contributed by atoms with Gasteiger partial charge in [-0.15, -0.1) is 0 Å². The SMILES string of the molecule is CC[C@@H](C)NC(=O)[C@H](Cc1ccccc1)N(Cc1ccccc1F)C(=O)CN(c1ccccc1)S(=O)(=O)c1ccc(F)cc1. The summed E-state index contributed by atoms with van der Waals surface area (Å²) >= 11 is 0. The van der Waals surface area contributed by atoms with Crippen molar-refractivity contribution in [2.45, 2.75) is 50.2 Å². The molecule has 4 aromatic rings. The van der Waals surface area contributed by atoms with Gasteiger partial charge < -0.3 is 10.2 Å². The Kier molecular flexibility index (Phi) is 10.8. The predicted octanol–water partition coefficient (Wildman–Crippen LogP) is 5.71. The molecule has 0 aromatic heterocycles. The summed E-state index contributed by atoms with van der Waals surface area (Å²) in [7, 11) is -4.36. The fraction of sp³-hybridized carbons (Fsp3) is 0.235. The maximum Gasteiger partial charge on any atom is 0.264 e. The molecule has 2 atom stereocenters. The lowest BCUT2D eigenvalue weighted by molar-refractivity contribution is -0.140. The number of nitrogens with zero attached hydrogens (tertiary/aromatic N) is 2. The van der Waals surface area contributed by atoms with Crippen molar-refractivity contribution in [2.75, 3.05) is 10.8 Å². The van der Waals surface area contributed by atoms with E-state index in [4.69, 9.17) is 0 Å². The van der Waals surface area contributed by atoms with Crippen LogP contribution in [0.5, 0.6) is 0 Å². The molecular formula is C34H35F2N3O4S. The van der Waals surface area contributed by atoms with Crippen molar-refractivity contribution in [3.05, 3.63) is 132 Å². The molecule has 0 fully saturated rings. The summed E-state index contributed by atoms with van der Waals surface area (Å²) in [4.78, 5) is 29.1. The van der Waals surface area contributed by atoms with Crippen molar-refractivity contribution >= 4 is 27.5 Å². The Hall–Kier alpha value is -4.57. The van der Waals surface area contributed by atoms with E-state index < -0.39 is 46.1 Å². The Labute approximate surface area is 257 Å². The molecule has 0 saturated heterocycles. The third-order valence-corrected chi connectivity index (χ3v) is 9.08. The van der Waals surface area contributed by atoms with Crippen LogP contribution < -0.4 is 9.62 Å². The fourth-order valence-corrected chi connectivity index (χ4v) is 6.08. The minimum Gasteiger partial charge on any atom is -0.352 e. The lowest BCUT2D eigenvalue weighted by Crippen LogP contribution is -2.54. The van der Waals surface area contributed by atoms with E-state index in [2.05, 4.69) is 5.32 Å². The van der Waals surface area contributed by atoms with Crippen LogP contribution in [0.25, 0.3) is 0 Å². The number of nitrogens with one attached hydrogen (secondary N) is 1. The van der Waals surface area contributed by atoms with Crippen LogP contribution in [-0.4, -0.2) is 43.8 Å². The first-order chi connectivity index (χ1) is 21.1. The van der Waals surface area contributed by atoms with Gasteiger partial charge in [-0.3, -0.25) is 13.9 Å². The highest BCUT2D eigenvalue weighted by molar-refractivity contribution is 7.92. The maximum absolute atomic E-state index is 15.0. The molecule has 2 amide bonds. The van der Waals surface area contributed by atoms with Crippen LogP contribution in [0.2, 0.25) is 0 Å². The van der Waals surface area contributed by atoms with Gasteiger partial charge in [0.15, 0.2) is 0 Å². The topological polar surface area (TPSA) is 86.8 Å². The smallest absolute Gasteiger partial charge is 0.264 e. The van der Waals surface area contributed by atoms with Crippen LogP contribution >= 0.6 is 0 Å². The molecule has 7 nitrogen and oxygen atoms in total. The Morgan fingerprint density at radius 1 is 0.818 bits per heavy atom. The summed E-state index contributed by atoms with van der Waals surface area (Å²) in [6, 6.07) is 26.1. The molecule has 0 bridgehead atoms. The number of hydrogen-bond acceptors (Lipinski definition) is 4. The number of carbonyl (C=O) groups excluding carboxylic acids is 2. The van der Waals surface area contributed by atoms with Gasteiger partial charge in [-0.25, -0.2) is 17.2 Å². The molecule has 0 heterocycles. The molecule has 1 N–H and O–H groups in total. The van der Waals surface area contributed by atoms with Gasteiger partial charge in [0.1, 0.15) is 24.2 Å². The zero-order chi connectivity index (χ0) is 31.7. The van der Waals surface area contributed by atoms with E-state index in [1.807, 2.05) is 44.2 Å². The minimum absolute atomic E-state index is 0.110. The van der Waals surface area contributed by atoms with Gasteiger partial charge in [0.25, 0.3) is 10.0 Å². The van der Waals surface area contributed by atoms with E-state index >= 15 is 0 Å². The minimum atomic E-state index is -4.36. The summed E-state index contributed by atoms with van der Waals surface area (Å²) in [5, 5.41) is 2.94. The van der Waals surface area contributed by atoms with Crippen LogP contribution in [-0.2, 0) is 32.6 Å². The first kappa shape index (κ1) is 32.3. The van der Waals surface area contributed by atoms with E-state index in [9.17, 15) is 26.8 Å². The van der Waals surface area contributed by atoms with Gasteiger partial charge in [-0.2, -0.15) is 0 Å². The highest BCUT2D eigenvalue weighted by Gasteiger charge is 2.35. The summed E-state index contributed by atoms with van der Waals surface area (Å²) in [5.74, 6) is -2.34. The average Bonchev–Trinajstić information content (AvgIpc) is 3.03. The Morgan fingerprint density at radius 2 is 1.41 bits per heavy atom. The van der Waals surface area contributed by atoms with Crippen LogP contribution in [0.3, 0.4) is 0 Å². The third kappa shape index (κ3) is 8.08. The van der Waals surface area contributed by atoms with Crippen molar-refractivity contribution in [1.82, 2.24) is 10.2 Å². The molecule has 10 heteroatoms. The lowest BCUT2D eigenvalue weighted by Gasteiger charge is -2.34. The lowest BCUT2D eigenvalue weighted by atomic mass is 10.0. The number of benzene rings is 4. The first-order valence-corrected chi connectivity index (χ1v) is 15.7. The second kappa shape index (κ2) is 14.7. The predicted molar refractivity (Wildman–Crippen MR) is 166 cm³/mol. The molecule has 0 saturated carbocycles. The van der Waals surface area contributed by atoms with Gasteiger partial charge in [0.05, 0.1) is 10.6 Å². The number of amides is 2. The first-order valence-electron chi connectivity index (χ1n) is 14.3. The van der Waals surface area contributed by atoms with Crippen LogP contribution in [0.15, 0.2) is 114 Å². The van der Waals surface area contributed by atoms with Crippen molar-refractivity contribution < 1.29 is 26.8 Å². The molecule has 230 valence electrons. The van der Waals surface area contributed by atoms with Crippen molar-refractivity contribution in [2.24, 2.45) is 0 Å². The van der Waals surface area contributed by atoms with E-state index in [1.165, 1.54) is 35.2 Å². The largest absolute Gasteiger partial charge is 0.352 e. The zero-order valence-electron chi connectivity index (χ0n) is 24.6. The maximum atomic E-state index is 15.0. The summed E-state index contributed by atoms with van der Waals surface area (Å²) in [5.41, 5.74) is 1.13. The number of anilines is 1. The van der Waals surface area contributed by atoms with E-state index in [0.29, 0.717) is 6.42 Å². The Balaban J connectivity index is 1.80. The number of hydrogen-bond donors (Lipinski definition) is 1. The normalized spacial score (nSPS) is 12.6. The second-order valence-electron chi connectivity index (χ2n) is 10.4. The average molecular weight is 620 g/mol. The number of halogens is 2. The van der Waals surface area contributed by atoms with E-state index in [0.717, 1.165) is 34.1 Å². The number of rotatable bonds is 13. The van der Waals surface area contributed by atoms with Crippen LogP contribution in [0.4, 0.5) is 14.5 Å². The highest BCUT2D eigenvalue weighted by atomic mass is 32.2. The molecule has 4 aromatic carbocycles. The number of sulfonamides is 1.